The van der Waals surface area contributed by atoms with Crippen LogP contribution in [0.2, 0.25) is 0 Å². The van der Waals surface area contributed by atoms with E-state index in [1.54, 1.807) is 0 Å². The van der Waals surface area contributed by atoms with Gasteiger partial charge in [0.15, 0.2) is 17.5 Å². The third kappa shape index (κ3) is 6.36. The Hall–Kier alpha value is -7.16. The van der Waals surface area contributed by atoms with Crippen molar-refractivity contribution in [2.45, 2.75) is 41.5 Å². The van der Waals surface area contributed by atoms with Crippen LogP contribution in [0.4, 0.5) is 0 Å². The highest BCUT2D eigenvalue weighted by molar-refractivity contribution is 6.12. The first-order valence-corrected chi connectivity index (χ1v) is 19.3. The van der Waals surface area contributed by atoms with Gasteiger partial charge in [-0.05, 0) is 129 Å². The molecule has 0 saturated carbocycles. The van der Waals surface area contributed by atoms with Gasteiger partial charge in [0.25, 0.3) is 0 Å². The van der Waals surface area contributed by atoms with Crippen molar-refractivity contribution in [1.29, 1.82) is 5.26 Å². The van der Waals surface area contributed by atoms with E-state index in [-0.39, 0.29) is 0 Å². The molecule has 7 aromatic carbocycles. The van der Waals surface area contributed by atoms with Crippen LogP contribution in [0.3, 0.4) is 0 Å². The van der Waals surface area contributed by atoms with Crippen LogP contribution >= 0.6 is 0 Å². The van der Waals surface area contributed by atoms with E-state index in [2.05, 4.69) is 119 Å². The molecule has 0 amide bonds. The Kier molecular flexibility index (Phi) is 8.83. The van der Waals surface area contributed by atoms with Crippen LogP contribution in [0.25, 0.3) is 83.9 Å². The van der Waals surface area contributed by atoms with Crippen LogP contribution in [-0.2, 0) is 0 Å². The van der Waals surface area contributed by atoms with Gasteiger partial charge in [0.05, 0.1) is 22.3 Å². The Morgan fingerprint density at radius 1 is 0.421 bits per heavy atom. The SMILES string of the molecule is Cc1cc(C)c(-c2ccc3c(c2)c2cc(-c4c(C)cc(C)cc4C)ccc2n3-c2cc(-c3nc(-c4ccccc4)nc(-c4ccccc4)n3)ccc2C#N)c(C)c1. The summed E-state index contributed by atoms with van der Waals surface area (Å²) in [4.78, 5) is 15.0. The minimum Gasteiger partial charge on any atom is -0.308 e. The third-order valence-electron chi connectivity index (χ3n) is 11.0. The molecule has 9 aromatic rings. The van der Waals surface area contributed by atoms with Gasteiger partial charge in [0, 0.05) is 27.5 Å². The highest BCUT2D eigenvalue weighted by atomic mass is 15.0. The Bertz CT molecular complexity index is 2860. The van der Waals surface area contributed by atoms with E-state index in [1.807, 2.05) is 72.8 Å². The summed E-state index contributed by atoms with van der Waals surface area (Å²) in [6, 6.07) is 50.9. The number of hydrogen-bond acceptors (Lipinski definition) is 4. The predicted octanol–water partition coefficient (Wildman–Crippen LogP) is 13.0. The average Bonchev–Trinajstić information content (AvgIpc) is 3.53. The molecule has 274 valence electrons. The van der Waals surface area contributed by atoms with E-state index in [0.29, 0.717) is 23.0 Å². The van der Waals surface area contributed by atoms with Crippen LogP contribution in [0.5, 0.6) is 0 Å². The maximum absolute atomic E-state index is 10.7. The van der Waals surface area contributed by atoms with Crippen molar-refractivity contribution in [3.05, 3.63) is 178 Å². The van der Waals surface area contributed by atoms with Gasteiger partial charge >= 0.3 is 0 Å². The zero-order valence-electron chi connectivity index (χ0n) is 33.0. The molecule has 0 unspecified atom stereocenters. The highest BCUT2D eigenvalue weighted by Gasteiger charge is 2.21. The zero-order chi connectivity index (χ0) is 39.4. The molecule has 0 aliphatic carbocycles. The Labute approximate surface area is 333 Å². The van der Waals surface area contributed by atoms with Crippen LogP contribution in [-0.4, -0.2) is 19.5 Å². The average molecular weight is 736 g/mol. The minimum atomic E-state index is 0.537. The lowest BCUT2D eigenvalue weighted by molar-refractivity contribution is 1.07. The lowest BCUT2D eigenvalue weighted by Crippen LogP contribution is -2.02. The van der Waals surface area contributed by atoms with Crippen molar-refractivity contribution in [2.75, 3.05) is 0 Å². The Morgan fingerprint density at radius 3 is 1.25 bits per heavy atom. The number of benzene rings is 7. The standard InChI is InChI=1S/C52H41N5/c1-31-23-33(3)48(34(4)24-31)39-19-21-45-43(27-39)44-28-40(49-35(5)25-32(2)26-36(49)6)20-22-46(44)57(45)47-29-41(17-18-42(47)30-53)52-55-50(37-13-9-7-10-14-37)54-51(56-52)38-15-11-8-12-16-38/h7-29H,1-6H3. The maximum Gasteiger partial charge on any atom is 0.164 e. The van der Waals surface area contributed by atoms with E-state index in [4.69, 9.17) is 15.0 Å². The molecule has 9 rings (SSSR count). The largest absolute Gasteiger partial charge is 0.308 e. The van der Waals surface area contributed by atoms with Crippen LogP contribution in [0.15, 0.2) is 140 Å². The van der Waals surface area contributed by atoms with E-state index in [0.717, 1.165) is 44.2 Å². The summed E-state index contributed by atoms with van der Waals surface area (Å²) in [6.07, 6.45) is 0. The molecule has 0 aliphatic heterocycles. The smallest absolute Gasteiger partial charge is 0.164 e. The predicted molar refractivity (Wildman–Crippen MR) is 234 cm³/mol. The fourth-order valence-electron chi connectivity index (χ4n) is 8.75. The fourth-order valence-corrected chi connectivity index (χ4v) is 8.75. The van der Waals surface area contributed by atoms with E-state index in [9.17, 15) is 5.26 Å². The van der Waals surface area contributed by atoms with E-state index >= 15 is 0 Å². The molecule has 57 heavy (non-hydrogen) atoms. The first-order valence-electron chi connectivity index (χ1n) is 19.3. The van der Waals surface area contributed by atoms with Crippen molar-refractivity contribution in [2.24, 2.45) is 0 Å². The normalized spacial score (nSPS) is 11.3. The van der Waals surface area contributed by atoms with Crippen molar-refractivity contribution in [3.63, 3.8) is 0 Å². The van der Waals surface area contributed by atoms with Gasteiger partial charge in [-0.2, -0.15) is 5.26 Å². The lowest BCUT2D eigenvalue weighted by atomic mass is 9.91. The Balaban J connectivity index is 1.31. The maximum atomic E-state index is 10.7. The van der Waals surface area contributed by atoms with Gasteiger partial charge in [-0.1, -0.05) is 108 Å². The number of nitriles is 1. The second-order valence-electron chi connectivity index (χ2n) is 15.2. The summed E-state index contributed by atoms with van der Waals surface area (Å²) < 4.78 is 2.24. The number of rotatable bonds is 6. The van der Waals surface area contributed by atoms with Gasteiger partial charge in [0.1, 0.15) is 6.07 Å². The summed E-state index contributed by atoms with van der Waals surface area (Å²) in [5, 5.41) is 12.9. The summed E-state index contributed by atoms with van der Waals surface area (Å²) in [7, 11) is 0. The van der Waals surface area contributed by atoms with Crippen LogP contribution in [0, 0.1) is 52.9 Å². The fraction of sp³-hybridized carbons (Fsp3) is 0.115. The third-order valence-corrected chi connectivity index (χ3v) is 11.0. The number of aryl methyl sites for hydroxylation is 6. The van der Waals surface area contributed by atoms with Crippen LogP contribution in [0.1, 0.15) is 38.9 Å². The van der Waals surface area contributed by atoms with Gasteiger partial charge in [0.2, 0.25) is 0 Å². The monoisotopic (exact) mass is 735 g/mol. The van der Waals surface area contributed by atoms with E-state index in [1.165, 1.54) is 55.6 Å². The minimum absolute atomic E-state index is 0.537. The number of nitrogens with zero attached hydrogens (tertiary/aromatic N) is 5. The summed E-state index contributed by atoms with van der Waals surface area (Å²) in [6.45, 7) is 13.1. The van der Waals surface area contributed by atoms with Gasteiger partial charge in [-0.25, -0.2) is 15.0 Å². The van der Waals surface area contributed by atoms with Crippen LogP contribution < -0.4 is 0 Å². The zero-order valence-corrected chi connectivity index (χ0v) is 33.0. The molecule has 0 radical (unpaired) electrons. The quantitative estimate of drug-likeness (QED) is 0.170. The topological polar surface area (TPSA) is 67.4 Å². The molecular weight excluding hydrogens is 695 g/mol. The summed E-state index contributed by atoms with van der Waals surface area (Å²) in [5.41, 5.74) is 18.3. The number of aromatic nitrogens is 4. The molecule has 0 spiro atoms. The number of fused-ring (bicyclic) bond motifs is 3. The van der Waals surface area contributed by atoms with Gasteiger partial charge < -0.3 is 4.57 Å². The molecule has 2 heterocycles. The second-order valence-corrected chi connectivity index (χ2v) is 15.2. The molecule has 0 N–H and O–H groups in total. The second kappa shape index (κ2) is 14.2. The first-order chi connectivity index (χ1) is 27.7. The molecule has 0 aliphatic rings. The van der Waals surface area contributed by atoms with Gasteiger partial charge in [-0.3, -0.25) is 0 Å². The summed E-state index contributed by atoms with van der Waals surface area (Å²) in [5.74, 6) is 1.71. The van der Waals surface area contributed by atoms with E-state index < -0.39 is 0 Å². The molecular formula is C52H41N5. The summed E-state index contributed by atoms with van der Waals surface area (Å²) >= 11 is 0. The molecule has 0 saturated heterocycles. The van der Waals surface area contributed by atoms with Crippen molar-refractivity contribution in [1.82, 2.24) is 19.5 Å². The molecule has 0 fully saturated rings. The lowest BCUT2D eigenvalue weighted by Gasteiger charge is -2.14. The molecule has 5 heteroatoms. The molecule has 5 nitrogen and oxygen atoms in total. The Morgan fingerprint density at radius 2 is 0.825 bits per heavy atom. The first kappa shape index (κ1) is 35.5. The number of hydrogen-bond donors (Lipinski definition) is 0. The van der Waals surface area contributed by atoms with Crippen molar-refractivity contribution >= 4 is 21.8 Å². The molecule has 2 aromatic heterocycles. The van der Waals surface area contributed by atoms with Gasteiger partial charge in [-0.15, -0.1) is 0 Å². The highest BCUT2D eigenvalue weighted by Crippen LogP contribution is 2.41. The van der Waals surface area contributed by atoms with Crippen molar-refractivity contribution < 1.29 is 0 Å². The molecule has 0 atom stereocenters. The van der Waals surface area contributed by atoms with Crippen molar-refractivity contribution in [3.8, 4) is 68.2 Å². The molecule has 0 bridgehead atoms.